The highest BCUT2D eigenvalue weighted by Crippen LogP contribution is 2.40. The van der Waals surface area contributed by atoms with Crippen molar-refractivity contribution in [3.8, 4) is 12.1 Å². The lowest BCUT2D eigenvalue weighted by Crippen LogP contribution is -2.35. The Morgan fingerprint density at radius 3 is 1.33 bits per heavy atom. The first kappa shape index (κ1) is 31.3. The van der Waals surface area contributed by atoms with Gasteiger partial charge in [-0.15, -0.1) is 0 Å². The third-order valence-electron chi connectivity index (χ3n) is 5.54. The Labute approximate surface area is 173 Å². The number of nitriles is 2. The second-order valence-corrected chi connectivity index (χ2v) is 19.9. The van der Waals surface area contributed by atoms with E-state index in [9.17, 15) is 4.11 Å². The fourth-order valence-electron chi connectivity index (χ4n) is 3.36. The standard InChI is InChI=1S/C10H20ClNSi.C10H20FNSi.FH/c2*1-9(2)13(11,10(3)4)8-6-5-7-12;/h2*9-10H,5-6,8H2,1-4H3;1H. The molecule has 0 fully saturated rings. The molecule has 0 radical (unpaired) electrons. The van der Waals surface area contributed by atoms with E-state index in [1.165, 1.54) is 0 Å². The van der Waals surface area contributed by atoms with Gasteiger partial charge in [0.05, 0.1) is 12.1 Å². The fourth-order valence-corrected chi connectivity index (χ4v) is 10.2. The number of hydrogen-bond acceptors (Lipinski definition) is 2. The predicted octanol–water partition coefficient (Wildman–Crippen LogP) is 8.47. The van der Waals surface area contributed by atoms with E-state index in [4.69, 9.17) is 21.6 Å². The molecule has 0 atom stereocenters. The summed E-state index contributed by atoms with van der Waals surface area (Å²) in [6.07, 6.45) is 2.86. The average Bonchev–Trinajstić information content (AvgIpc) is 2.54. The van der Waals surface area contributed by atoms with E-state index in [2.05, 4.69) is 39.8 Å². The summed E-state index contributed by atoms with van der Waals surface area (Å²) in [6, 6.07) is 5.98. The SMILES string of the molecule is CC(C)[Si](Cl)(CCCC#N)C(C)C.CC(C)[Si](F)(CCCC#N)C(C)C.F. The first-order chi connectivity index (χ1) is 11.9. The molecule has 0 N–H and O–H groups in total. The molecular formula is C20H41ClF2N2Si2. The number of hydrogen-bond donors (Lipinski definition) is 0. The minimum Gasteiger partial charge on any atom is -0.313 e. The first-order valence-electron chi connectivity index (χ1n) is 10.0. The Hall–Kier alpha value is -0.436. The third-order valence-corrected chi connectivity index (χ3v) is 18.6. The van der Waals surface area contributed by atoms with Crippen LogP contribution >= 0.6 is 11.1 Å². The van der Waals surface area contributed by atoms with Gasteiger partial charge in [-0.1, -0.05) is 55.4 Å². The summed E-state index contributed by atoms with van der Waals surface area (Å²) in [6.45, 7) is 16.7. The molecule has 0 aliphatic carbocycles. The van der Waals surface area contributed by atoms with Crippen molar-refractivity contribution in [1.29, 1.82) is 10.5 Å². The minimum atomic E-state index is -2.59. The molecule has 0 rings (SSSR count). The van der Waals surface area contributed by atoms with Crippen LogP contribution in [-0.2, 0) is 0 Å². The van der Waals surface area contributed by atoms with Gasteiger partial charge in [0.2, 0.25) is 0 Å². The zero-order valence-corrected chi connectivity index (χ0v) is 21.4. The zero-order valence-electron chi connectivity index (χ0n) is 18.6. The maximum Gasteiger partial charge on any atom is 0.252 e. The summed E-state index contributed by atoms with van der Waals surface area (Å²) >= 11 is 6.67. The van der Waals surface area contributed by atoms with E-state index in [-0.39, 0.29) is 15.8 Å². The molecule has 0 saturated carbocycles. The lowest BCUT2D eigenvalue weighted by Gasteiger charge is -2.32. The van der Waals surface area contributed by atoms with E-state index >= 15 is 0 Å². The lowest BCUT2D eigenvalue weighted by atomic mass is 10.4. The van der Waals surface area contributed by atoms with Gasteiger partial charge in [-0.3, -0.25) is 4.70 Å². The molecule has 0 aliphatic heterocycles. The second-order valence-electron chi connectivity index (χ2n) is 8.50. The summed E-state index contributed by atoms with van der Waals surface area (Å²) in [5, 5.41) is 16.8. The summed E-state index contributed by atoms with van der Waals surface area (Å²) in [5.74, 6) is 0. The Morgan fingerprint density at radius 2 is 1.07 bits per heavy atom. The van der Waals surface area contributed by atoms with Crippen molar-refractivity contribution in [2.75, 3.05) is 0 Å². The highest BCUT2D eigenvalue weighted by Gasteiger charge is 2.40. The van der Waals surface area contributed by atoms with Crippen molar-refractivity contribution in [2.24, 2.45) is 0 Å². The molecule has 0 aliphatic rings. The number of rotatable bonds is 10. The summed E-state index contributed by atoms with van der Waals surface area (Å²) in [5.41, 5.74) is 1.55. The molecule has 2 nitrogen and oxygen atoms in total. The predicted molar refractivity (Wildman–Crippen MR) is 121 cm³/mol. The van der Waals surface area contributed by atoms with Gasteiger partial charge in [-0.25, -0.2) is 0 Å². The molecule has 0 amide bonds. The van der Waals surface area contributed by atoms with Crippen molar-refractivity contribution >= 4 is 26.9 Å². The second kappa shape index (κ2) is 15.5. The van der Waals surface area contributed by atoms with Crippen LogP contribution < -0.4 is 0 Å². The van der Waals surface area contributed by atoms with Crippen molar-refractivity contribution < 1.29 is 8.81 Å². The molecule has 0 saturated heterocycles. The van der Waals surface area contributed by atoms with Crippen molar-refractivity contribution in [1.82, 2.24) is 0 Å². The molecule has 27 heavy (non-hydrogen) atoms. The Morgan fingerprint density at radius 1 is 0.741 bits per heavy atom. The molecule has 0 spiro atoms. The number of nitrogens with zero attached hydrogens (tertiary/aromatic N) is 2. The molecule has 0 heterocycles. The van der Waals surface area contributed by atoms with Gasteiger partial charge in [0.25, 0.3) is 8.41 Å². The maximum atomic E-state index is 14.4. The average molecular weight is 439 g/mol. The Kier molecular flexibility index (Phi) is 17.9. The van der Waals surface area contributed by atoms with Crippen LogP contribution in [0.5, 0.6) is 0 Å². The maximum absolute atomic E-state index is 14.4. The molecule has 0 bridgehead atoms. The van der Waals surface area contributed by atoms with Crippen molar-refractivity contribution in [3.63, 3.8) is 0 Å². The van der Waals surface area contributed by atoms with E-state index in [0.29, 0.717) is 30.0 Å². The van der Waals surface area contributed by atoms with Gasteiger partial charge in [-0.05, 0) is 47.1 Å². The van der Waals surface area contributed by atoms with Gasteiger partial charge >= 0.3 is 0 Å². The van der Waals surface area contributed by atoms with Gasteiger partial charge in [0, 0.05) is 12.8 Å². The van der Waals surface area contributed by atoms with Gasteiger partial charge < -0.3 is 4.11 Å². The van der Waals surface area contributed by atoms with Gasteiger partial charge in [0.15, 0.2) is 7.38 Å². The molecule has 0 aromatic heterocycles. The van der Waals surface area contributed by atoms with E-state index in [1.54, 1.807) is 0 Å². The summed E-state index contributed by atoms with van der Waals surface area (Å²) in [4.78, 5) is 0. The lowest BCUT2D eigenvalue weighted by molar-refractivity contribution is 0.652. The molecule has 7 heteroatoms. The van der Waals surface area contributed by atoms with Crippen molar-refractivity contribution in [2.45, 2.75) is 115 Å². The largest absolute Gasteiger partial charge is 0.313 e. The number of unbranched alkanes of at least 4 members (excludes halogenated alkanes) is 2. The van der Waals surface area contributed by atoms with Crippen LogP contribution in [0.2, 0.25) is 34.3 Å². The molecule has 160 valence electrons. The highest BCUT2D eigenvalue weighted by molar-refractivity contribution is 7.21. The van der Waals surface area contributed by atoms with E-state index in [1.807, 2.05) is 27.7 Å². The molecule has 0 unspecified atom stereocenters. The van der Waals surface area contributed by atoms with Crippen LogP contribution in [0.25, 0.3) is 0 Å². The minimum absolute atomic E-state index is 0. The van der Waals surface area contributed by atoms with Gasteiger partial charge in [-0.2, -0.15) is 21.6 Å². The van der Waals surface area contributed by atoms with E-state index in [0.717, 1.165) is 18.9 Å². The summed E-state index contributed by atoms with van der Waals surface area (Å²) < 4.78 is 14.4. The molecule has 0 aromatic rings. The fraction of sp³-hybridized carbons (Fsp3) is 0.900. The van der Waals surface area contributed by atoms with Crippen LogP contribution in [0.1, 0.15) is 81.1 Å². The van der Waals surface area contributed by atoms with Crippen LogP contribution in [0.3, 0.4) is 0 Å². The van der Waals surface area contributed by atoms with Crippen LogP contribution in [-0.4, -0.2) is 15.8 Å². The van der Waals surface area contributed by atoms with E-state index < -0.39 is 15.8 Å². The number of halogens is 3. The molecule has 0 aromatic carbocycles. The smallest absolute Gasteiger partial charge is 0.252 e. The van der Waals surface area contributed by atoms with Crippen LogP contribution in [0.4, 0.5) is 8.81 Å². The Balaban J connectivity index is -0.000000411. The first-order valence-corrected chi connectivity index (χ1v) is 15.6. The normalized spacial score (nSPS) is 11.7. The van der Waals surface area contributed by atoms with Crippen molar-refractivity contribution in [3.05, 3.63) is 0 Å². The Bertz CT molecular complexity index is 400. The molecular weight excluding hydrogens is 398 g/mol. The third kappa shape index (κ3) is 11.2. The summed E-state index contributed by atoms with van der Waals surface area (Å²) in [7, 11) is -4.21. The van der Waals surface area contributed by atoms with Gasteiger partial charge in [0.1, 0.15) is 0 Å². The quantitative estimate of drug-likeness (QED) is 0.195. The van der Waals surface area contributed by atoms with Crippen LogP contribution in [0, 0.1) is 22.7 Å². The highest BCUT2D eigenvalue weighted by atomic mass is 35.6. The topological polar surface area (TPSA) is 47.6 Å². The van der Waals surface area contributed by atoms with Crippen LogP contribution in [0.15, 0.2) is 0 Å². The monoisotopic (exact) mass is 438 g/mol. The zero-order chi connectivity index (χ0) is 21.0.